The van der Waals surface area contributed by atoms with Gasteiger partial charge in [0.1, 0.15) is 0 Å². The van der Waals surface area contributed by atoms with Crippen molar-refractivity contribution in [2.24, 2.45) is 0 Å². The number of halogens is 2. The van der Waals surface area contributed by atoms with E-state index in [1.54, 1.807) is 24.3 Å². The second kappa shape index (κ2) is 7.78. The highest BCUT2D eigenvalue weighted by Gasteiger charge is 2.34. The Morgan fingerprint density at radius 1 is 1.00 bits per heavy atom. The third-order valence-corrected chi connectivity index (χ3v) is 4.57. The second-order valence-corrected chi connectivity index (χ2v) is 6.44. The lowest BCUT2D eigenvalue weighted by atomic mass is 10.1. The number of nitrogens with zero attached hydrogens (tertiary/aromatic N) is 5. The van der Waals surface area contributed by atoms with Gasteiger partial charge >= 0.3 is 0 Å². The second-order valence-electron chi connectivity index (χ2n) is 6.44. The molecule has 2 aromatic carbocycles. The van der Waals surface area contributed by atoms with E-state index in [2.05, 4.69) is 20.8 Å². The standard InChI is InChI=1S/C19H14F2N6O3/c20-14-6-5-11(9-15(14)21)27-16(23-24-25-27)10-22-17(28)7-8-26-18(29)12-3-1-2-4-13(12)19(26)30/h1-6,9H,7-8,10H2,(H,22,28). The predicted molar refractivity (Wildman–Crippen MR) is 97.3 cm³/mol. The minimum absolute atomic E-state index is 0.0771. The fourth-order valence-electron chi connectivity index (χ4n) is 3.05. The minimum atomic E-state index is -1.06. The highest BCUT2D eigenvalue weighted by atomic mass is 19.2. The van der Waals surface area contributed by atoms with Crippen molar-refractivity contribution in [3.63, 3.8) is 0 Å². The van der Waals surface area contributed by atoms with E-state index in [0.29, 0.717) is 11.1 Å². The monoisotopic (exact) mass is 412 g/mol. The number of hydrogen-bond acceptors (Lipinski definition) is 6. The Bertz CT molecular complexity index is 1130. The number of aromatic nitrogens is 4. The Morgan fingerprint density at radius 3 is 2.37 bits per heavy atom. The van der Waals surface area contributed by atoms with Crippen LogP contribution in [-0.4, -0.2) is 49.4 Å². The molecule has 3 amide bonds. The maximum absolute atomic E-state index is 13.4. The summed E-state index contributed by atoms with van der Waals surface area (Å²) in [6.07, 6.45) is -0.113. The molecular weight excluding hydrogens is 398 g/mol. The van der Waals surface area contributed by atoms with Gasteiger partial charge in [0.25, 0.3) is 11.8 Å². The van der Waals surface area contributed by atoms with Crippen molar-refractivity contribution in [2.45, 2.75) is 13.0 Å². The molecule has 2 heterocycles. The third-order valence-electron chi connectivity index (χ3n) is 4.57. The lowest BCUT2D eigenvalue weighted by molar-refractivity contribution is -0.121. The smallest absolute Gasteiger partial charge is 0.261 e. The van der Waals surface area contributed by atoms with Crippen LogP contribution in [0.4, 0.5) is 8.78 Å². The molecule has 0 aliphatic carbocycles. The number of carbonyl (C=O) groups excluding carboxylic acids is 3. The number of amides is 3. The Balaban J connectivity index is 1.36. The number of benzene rings is 2. The average molecular weight is 412 g/mol. The van der Waals surface area contributed by atoms with Gasteiger partial charge in [-0.2, -0.15) is 4.68 Å². The Morgan fingerprint density at radius 2 is 1.70 bits per heavy atom. The van der Waals surface area contributed by atoms with E-state index < -0.39 is 29.4 Å². The molecule has 9 nitrogen and oxygen atoms in total. The van der Waals surface area contributed by atoms with Gasteiger partial charge in [-0.05, 0) is 34.7 Å². The molecule has 11 heteroatoms. The first-order valence-corrected chi connectivity index (χ1v) is 8.90. The molecule has 4 rings (SSSR count). The van der Waals surface area contributed by atoms with E-state index in [9.17, 15) is 23.2 Å². The van der Waals surface area contributed by atoms with Crippen molar-refractivity contribution in [1.82, 2.24) is 30.4 Å². The SMILES string of the molecule is O=C(CCN1C(=O)c2ccccc2C1=O)NCc1nnnn1-c1ccc(F)c(F)c1. The molecule has 0 fully saturated rings. The van der Waals surface area contributed by atoms with Gasteiger partial charge in [-0.15, -0.1) is 5.10 Å². The first-order chi connectivity index (χ1) is 14.5. The molecule has 0 atom stereocenters. The normalized spacial score (nSPS) is 12.9. The lowest BCUT2D eigenvalue weighted by Gasteiger charge is -2.13. The summed E-state index contributed by atoms with van der Waals surface area (Å²) in [7, 11) is 0. The highest BCUT2D eigenvalue weighted by Crippen LogP contribution is 2.22. The summed E-state index contributed by atoms with van der Waals surface area (Å²) in [5.74, 6) is -3.19. The van der Waals surface area contributed by atoms with Crippen LogP contribution in [0.15, 0.2) is 42.5 Å². The Hall–Kier alpha value is -4.02. The fourth-order valence-corrected chi connectivity index (χ4v) is 3.05. The molecule has 1 aliphatic rings. The van der Waals surface area contributed by atoms with Gasteiger partial charge in [-0.25, -0.2) is 8.78 Å². The number of hydrogen-bond donors (Lipinski definition) is 1. The van der Waals surface area contributed by atoms with E-state index in [4.69, 9.17) is 0 Å². The average Bonchev–Trinajstić information content (AvgIpc) is 3.31. The van der Waals surface area contributed by atoms with Gasteiger partial charge in [-0.3, -0.25) is 19.3 Å². The largest absolute Gasteiger partial charge is 0.349 e. The van der Waals surface area contributed by atoms with Gasteiger partial charge in [0.15, 0.2) is 17.5 Å². The molecule has 0 bridgehead atoms. The zero-order valence-corrected chi connectivity index (χ0v) is 15.4. The molecular formula is C19H14F2N6O3. The van der Waals surface area contributed by atoms with Crippen LogP contribution in [0.25, 0.3) is 5.69 Å². The molecule has 3 aromatic rings. The van der Waals surface area contributed by atoms with Gasteiger partial charge < -0.3 is 5.32 Å². The van der Waals surface area contributed by atoms with Crippen molar-refractivity contribution in [2.75, 3.05) is 6.54 Å². The quantitative estimate of drug-likeness (QED) is 0.610. The van der Waals surface area contributed by atoms with Crippen molar-refractivity contribution in [3.05, 3.63) is 71.1 Å². The van der Waals surface area contributed by atoms with Crippen LogP contribution in [0.5, 0.6) is 0 Å². The Labute approximate surface area is 168 Å². The minimum Gasteiger partial charge on any atom is -0.349 e. The van der Waals surface area contributed by atoms with Crippen LogP contribution in [-0.2, 0) is 11.3 Å². The van der Waals surface area contributed by atoms with Crippen LogP contribution in [0.3, 0.4) is 0 Å². The summed E-state index contributed by atoms with van der Waals surface area (Å²) in [5.41, 5.74) is 0.816. The van der Waals surface area contributed by atoms with Crippen LogP contribution >= 0.6 is 0 Å². The number of tetrazole rings is 1. The van der Waals surface area contributed by atoms with Crippen LogP contribution < -0.4 is 5.32 Å². The van der Waals surface area contributed by atoms with Crippen molar-refractivity contribution >= 4 is 17.7 Å². The molecule has 0 saturated heterocycles. The molecule has 1 aromatic heterocycles. The summed E-state index contributed by atoms with van der Waals surface area (Å²) in [4.78, 5) is 37.8. The predicted octanol–water partition coefficient (Wildman–Crippen LogP) is 1.24. The van der Waals surface area contributed by atoms with E-state index in [-0.39, 0.29) is 31.0 Å². The van der Waals surface area contributed by atoms with Gasteiger partial charge in [0.2, 0.25) is 5.91 Å². The maximum atomic E-state index is 13.4. The molecule has 0 saturated carbocycles. The molecule has 30 heavy (non-hydrogen) atoms. The molecule has 152 valence electrons. The Kier molecular flexibility index (Phi) is 5.00. The number of imide groups is 1. The molecule has 0 unspecified atom stereocenters. The van der Waals surface area contributed by atoms with Crippen molar-refractivity contribution < 1.29 is 23.2 Å². The highest BCUT2D eigenvalue weighted by molar-refractivity contribution is 6.21. The summed E-state index contributed by atoms with van der Waals surface area (Å²) in [5, 5.41) is 13.5. The lowest BCUT2D eigenvalue weighted by Crippen LogP contribution is -2.34. The zero-order chi connectivity index (χ0) is 21.3. The first-order valence-electron chi connectivity index (χ1n) is 8.90. The topological polar surface area (TPSA) is 110 Å². The summed E-state index contributed by atoms with van der Waals surface area (Å²) < 4.78 is 27.7. The number of nitrogens with one attached hydrogen (secondary N) is 1. The van der Waals surface area contributed by atoms with E-state index in [0.717, 1.165) is 21.7 Å². The van der Waals surface area contributed by atoms with E-state index in [1.807, 2.05) is 0 Å². The molecule has 1 aliphatic heterocycles. The van der Waals surface area contributed by atoms with Crippen molar-refractivity contribution in [1.29, 1.82) is 0 Å². The summed E-state index contributed by atoms with van der Waals surface area (Å²) >= 11 is 0. The first kappa shape index (κ1) is 19.3. The van der Waals surface area contributed by atoms with Crippen molar-refractivity contribution in [3.8, 4) is 5.69 Å². The van der Waals surface area contributed by atoms with Gasteiger partial charge in [0, 0.05) is 19.0 Å². The number of carbonyl (C=O) groups is 3. The molecule has 0 radical (unpaired) electrons. The van der Waals surface area contributed by atoms with Gasteiger partial charge in [-0.1, -0.05) is 12.1 Å². The summed E-state index contributed by atoms with van der Waals surface area (Å²) in [6, 6.07) is 9.62. The molecule has 0 spiro atoms. The van der Waals surface area contributed by atoms with Crippen LogP contribution in [0.1, 0.15) is 33.0 Å². The van der Waals surface area contributed by atoms with Crippen LogP contribution in [0, 0.1) is 11.6 Å². The fraction of sp³-hybridized carbons (Fsp3) is 0.158. The number of fused-ring (bicyclic) bond motifs is 1. The maximum Gasteiger partial charge on any atom is 0.261 e. The van der Waals surface area contributed by atoms with E-state index >= 15 is 0 Å². The third kappa shape index (κ3) is 3.52. The molecule has 1 N–H and O–H groups in total. The zero-order valence-electron chi connectivity index (χ0n) is 15.4. The van der Waals surface area contributed by atoms with E-state index in [1.165, 1.54) is 6.07 Å². The summed E-state index contributed by atoms with van der Waals surface area (Å²) in [6.45, 7) is -0.167. The number of rotatable bonds is 6. The van der Waals surface area contributed by atoms with Crippen LogP contribution in [0.2, 0.25) is 0 Å². The van der Waals surface area contributed by atoms with Gasteiger partial charge in [0.05, 0.1) is 23.4 Å².